The number of aromatic nitrogens is 1. The first-order valence-electron chi connectivity index (χ1n) is 9.03. The van der Waals surface area contributed by atoms with Gasteiger partial charge in [0.1, 0.15) is 6.04 Å². The van der Waals surface area contributed by atoms with Crippen molar-refractivity contribution in [3.05, 3.63) is 48.0 Å². The highest BCUT2D eigenvalue weighted by atomic mass is 19.4. The molecule has 4 rings (SSSR count). The molecule has 1 atom stereocenters. The largest absolute Gasteiger partial charge is 0.408 e. The van der Waals surface area contributed by atoms with Crippen LogP contribution < -0.4 is 5.32 Å². The fraction of sp³-hybridized carbons (Fsp3) is 0.400. The third-order valence-corrected chi connectivity index (χ3v) is 5.26. The first-order chi connectivity index (χ1) is 12.5. The monoisotopic (exact) mass is 361 g/mol. The number of para-hydroxylation sites is 1. The molecule has 0 spiro atoms. The van der Waals surface area contributed by atoms with Crippen LogP contribution in [0.5, 0.6) is 0 Å². The minimum Gasteiger partial charge on any atom is -0.341 e. The van der Waals surface area contributed by atoms with Crippen LogP contribution in [0.4, 0.5) is 13.2 Å². The predicted molar refractivity (Wildman–Crippen MR) is 98.4 cm³/mol. The van der Waals surface area contributed by atoms with Gasteiger partial charge in [0.15, 0.2) is 0 Å². The Hall–Kier alpha value is -2.05. The average molecular weight is 361 g/mol. The van der Waals surface area contributed by atoms with E-state index in [2.05, 4.69) is 16.8 Å². The standard InChI is InChI=1S/C20H22F3N3/c1-2-26-17-6-4-3-5-15(17)16-13-14(7-8-18(16)26)19(20(21,22)23)25-11-9-24-10-12-25/h3-8,13,19,24H,2,9-12H2,1H3/t19-/m1/s1. The van der Waals surface area contributed by atoms with Crippen LogP contribution in [0.25, 0.3) is 21.8 Å². The first-order valence-corrected chi connectivity index (χ1v) is 9.03. The number of aryl methyl sites for hydroxylation is 1. The molecule has 2 aromatic carbocycles. The fourth-order valence-electron chi connectivity index (χ4n) is 4.13. The van der Waals surface area contributed by atoms with E-state index in [-0.39, 0.29) is 0 Å². The number of halogens is 3. The van der Waals surface area contributed by atoms with Crippen LogP contribution in [0.15, 0.2) is 42.5 Å². The molecular weight excluding hydrogens is 339 g/mol. The summed E-state index contributed by atoms with van der Waals surface area (Å²) in [5.41, 5.74) is 2.37. The Balaban J connectivity index is 1.88. The van der Waals surface area contributed by atoms with Crippen molar-refractivity contribution in [3.8, 4) is 0 Å². The normalized spacial score (nSPS) is 17.8. The average Bonchev–Trinajstić information content (AvgIpc) is 2.95. The lowest BCUT2D eigenvalue weighted by molar-refractivity contribution is -0.187. The van der Waals surface area contributed by atoms with E-state index in [0.717, 1.165) is 28.4 Å². The maximum absolute atomic E-state index is 13.9. The molecule has 0 amide bonds. The van der Waals surface area contributed by atoms with Crippen molar-refractivity contribution in [2.45, 2.75) is 25.7 Å². The zero-order valence-corrected chi connectivity index (χ0v) is 14.7. The van der Waals surface area contributed by atoms with Crippen LogP contribution in [0.1, 0.15) is 18.5 Å². The quantitative estimate of drug-likeness (QED) is 0.750. The van der Waals surface area contributed by atoms with Crippen LogP contribution >= 0.6 is 0 Å². The summed E-state index contributed by atoms with van der Waals surface area (Å²) in [5.74, 6) is 0. The summed E-state index contributed by atoms with van der Waals surface area (Å²) < 4.78 is 43.9. The van der Waals surface area contributed by atoms with Crippen molar-refractivity contribution in [1.29, 1.82) is 0 Å². The van der Waals surface area contributed by atoms with Crippen LogP contribution in [-0.2, 0) is 6.54 Å². The Morgan fingerprint density at radius 3 is 2.38 bits per heavy atom. The Kier molecular flexibility index (Phi) is 4.40. The molecule has 0 radical (unpaired) electrons. The van der Waals surface area contributed by atoms with Crippen LogP contribution in [0, 0.1) is 0 Å². The molecule has 1 saturated heterocycles. The third-order valence-electron chi connectivity index (χ3n) is 5.26. The Bertz CT molecular complexity index is 923. The molecule has 1 fully saturated rings. The summed E-state index contributed by atoms with van der Waals surface area (Å²) >= 11 is 0. The van der Waals surface area contributed by atoms with Gasteiger partial charge in [-0.3, -0.25) is 4.90 Å². The molecule has 3 nitrogen and oxygen atoms in total. The van der Waals surface area contributed by atoms with Gasteiger partial charge in [0.05, 0.1) is 0 Å². The van der Waals surface area contributed by atoms with Gasteiger partial charge in [0.25, 0.3) is 0 Å². The number of benzene rings is 2. The van der Waals surface area contributed by atoms with Crippen molar-refractivity contribution < 1.29 is 13.2 Å². The van der Waals surface area contributed by atoms with E-state index in [4.69, 9.17) is 0 Å². The van der Waals surface area contributed by atoms with Gasteiger partial charge in [-0.2, -0.15) is 13.2 Å². The van der Waals surface area contributed by atoms with E-state index in [0.29, 0.717) is 31.7 Å². The smallest absolute Gasteiger partial charge is 0.341 e. The molecule has 0 unspecified atom stereocenters. The maximum atomic E-state index is 13.9. The lowest BCUT2D eigenvalue weighted by Gasteiger charge is -2.36. The Morgan fingerprint density at radius 2 is 1.69 bits per heavy atom. The molecule has 0 bridgehead atoms. The highest BCUT2D eigenvalue weighted by molar-refractivity contribution is 6.08. The Labute approximate surface area is 150 Å². The lowest BCUT2D eigenvalue weighted by atomic mass is 10.0. The van der Waals surface area contributed by atoms with Crippen molar-refractivity contribution in [2.75, 3.05) is 26.2 Å². The van der Waals surface area contributed by atoms with E-state index >= 15 is 0 Å². The predicted octanol–water partition coefficient (Wildman–Crippen LogP) is 4.32. The highest BCUT2D eigenvalue weighted by Crippen LogP contribution is 2.40. The molecule has 6 heteroatoms. The van der Waals surface area contributed by atoms with E-state index in [9.17, 15) is 13.2 Å². The SMILES string of the molecule is CCn1c2ccccc2c2cc([C@@H](N3CCNCC3)C(F)(F)F)ccc21. The third kappa shape index (κ3) is 2.87. The number of rotatable bonds is 3. The van der Waals surface area contributed by atoms with Crippen LogP contribution in [0.3, 0.4) is 0 Å². The number of fused-ring (bicyclic) bond motifs is 3. The van der Waals surface area contributed by atoms with Gasteiger partial charge in [0, 0.05) is 54.5 Å². The zero-order chi connectivity index (χ0) is 18.3. The minimum absolute atomic E-state index is 0.325. The summed E-state index contributed by atoms with van der Waals surface area (Å²) in [6.07, 6.45) is -4.30. The van der Waals surface area contributed by atoms with E-state index in [1.54, 1.807) is 12.1 Å². The summed E-state index contributed by atoms with van der Waals surface area (Å²) in [4.78, 5) is 1.54. The maximum Gasteiger partial charge on any atom is 0.408 e. The number of nitrogens with zero attached hydrogens (tertiary/aromatic N) is 2. The summed E-state index contributed by atoms with van der Waals surface area (Å²) in [5, 5.41) is 5.02. The second-order valence-electron chi connectivity index (χ2n) is 6.77. The molecule has 1 aliphatic rings. The van der Waals surface area contributed by atoms with Gasteiger partial charge >= 0.3 is 6.18 Å². The number of hydrogen-bond acceptors (Lipinski definition) is 2. The molecule has 0 saturated carbocycles. The van der Waals surface area contributed by atoms with E-state index < -0.39 is 12.2 Å². The van der Waals surface area contributed by atoms with Crippen molar-refractivity contribution in [1.82, 2.24) is 14.8 Å². The molecule has 2 heterocycles. The molecule has 3 aromatic rings. The minimum atomic E-state index is -4.30. The highest BCUT2D eigenvalue weighted by Gasteiger charge is 2.45. The van der Waals surface area contributed by atoms with E-state index in [1.807, 2.05) is 30.3 Å². The number of alkyl halides is 3. The molecule has 0 aliphatic carbocycles. The number of hydrogen-bond donors (Lipinski definition) is 1. The summed E-state index contributed by atoms with van der Waals surface area (Å²) in [6, 6.07) is 11.6. The molecule has 138 valence electrons. The molecular formula is C20H22F3N3. The molecule has 1 aliphatic heterocycles. The van der Waals surface area contributed by atoms with Crippen molar-refractivity contribution in [3.63, 3.8) is 0 Å². The van der Waals surface area contributed by atoms with Gasteiger partial charge in [-0.15, -0.1) is 0 Å². The second-order valence-corrected chi connectivity index (χ2v) is 6.77. The van der Waals surface area contributed by atoms with Gasteiger partial charge in [-0.25, -0.2) is 0 Å². The van der Waals surface area contributed by atoms with Gasteiger partial charge in [0.2, 0.25) is 0 Å². The number of nitrogens with one attached hydrogen (secondary N) is 1. The van der Waals surface area contributed by atoms with Crippen LogP contribution in [-0.4, -0.2) is 41.8 Å². The molecule has 1 N–H and O–H groups in total. The van der Waals surface area contributed by atoms with Gasteiger partial charge in [-0.05, 0) is 30.7 Å². The second kappa shape index (κ2) is 6.59. The fourth-order valence-corrected chi connectivity index (χ4v) is 4.13. The number of piperazine rings is 1. The molecule has 1 aromatic heterocycles. The van der Waals surface area contributed by atoms with Crippen LogP contribution in [0.2, 0.25) is 0 Å². The van der Waals surface area contributed by atoms with Gasteiger partial charge < -0.3 is 9.88 Å². The lowest BCUT2D eigenvalue weighted by Crippen LogP contribution is -2.49. The van der Waals surface area contributed by atoms with Gasteiger partial charge in [-0.1, -0.05) is 24.3 Å². The zero-order valence-electron chi connectivity index (χ0n) is 14.7. The van der Waals surface area contributed by atoms with Crippen molar-refractivity contribution >= 4 is 21.8 Å². The van der Waals surface area contributed by atoms with Crippen molar-refractivity contribution in [2.24, 2.45) is 0 Å². The Morgan fingerprint density at radius 1 is 1.00 bits per heavy atom. The van der Waals surface area contributed by atoms with E-state index in [1.165, 1.54) is 4.90 Å². The topological polar surface area (TPSA) is 20.2 Å². The summed E-state index contributed by atoms with van der Waals surface area (Å²) in [7, 11) is 0. The summed E-state index contributed by atoms with van der Waals surface area (Å²) in [6.45, 7) is 4.81. The first kappa shape index (κ1) is 17.4. The molecule has 26 heavy (non-hydrogen) atoms.